The highest BCUT2D eigenvalue weighted by Gasteiger charge is 2.44. The minimum atomic E-state index is -0.900. The second kappa shape index (κ2) is 5.50. The zero-order valence-corrected chi connectivity index (χ0v) is 12.2. The van der Waals surface area contributed by atoms with E-state index in [0.717, 1.165) is 25.7 Å². The summed E-state index contributed by atoms with van der Waals surface area (Å²) in [7, 11) is 1.76. The first-order valence-electron chi connectivity index (χ1n) is 7.63. The van der Waals surface area contributed by atoms with Crippen molar-refractivity contribution in [3.63, 3.8) is 0 Å². The van der Waals surface area contributed by atoms with E-state index in [1.54, 1.807) is 28.9 Å². The van der Waals surface area contributed by atoms with Crippen LogP contribution in [0.2, 0.25) is 0 Å². The van der Waals surface area contributed by atoms with Crippen LogP contribution in [0, 0.1) is 5.92 Å². The molecule has 21 heavy (non-hydrogen) atoms. The molecule has 3 rings (SSSR count). The Bertz CT molecular complexity index is 554. The zero-order chi connectivity index (χ0) is 15.0. The molecule has 1 aliphatic heterocycles. The average Bonchev–Trinajstić information content (AvgIpc) is 2.91. The van der Waals surface area contributed by atoms with Crippen molar-refractivity contribution >= 4 is 11.9 Å². The maximum Gasteiger partial charge on any atom is 0.326 e. The van der Waals surface area contributed by atoms with E-state index in [4.69, 9.17) is 0 Å². The molecule has 2 aliphatic rings. The lowest BCUT2D eigenvalue weighted by Gasteiger charge is -2.46. The molecular weight excluding hydrogens is 270 g/mol. The molecule has 1 N–H and O–H groups in total. The van der Waals surface area contributed by atoms with Crippen molar-refractivity contribution in [2.75, 3.05) is 0 Å². The molecule has 0 spiro atoms. The Balaban J connectivity index is 1.92. The maximum atomic E-state index is 12.8. The number of nitrogens with zero attached hydrogens (tertiary/aromatic N) is 3. The molecule has 1 aromatic rings. The van der Waals surface area contributed by atoms with Gasteiger partial charge in [-0.15, -0.1) is 0 Å². The van der Waals surface area contributed by atoms with E-state index >= 15 is 0 Å². The van der Waals surface area contributed by atoms with Crippen molar-refractivity contribution in [2.24, 2.45) is 13.0 Å². The summed E-state index contributed by atoms with van der Waals surface area (Å²) in [5.41, 5.74) is 0.343. The number of carboxylic acid groups (broad SMARTS) is 1. The number of piperidine rings is 1. The molecule has 1 saturated heterocycles. The number of aromatic nitrogens is 2. The number of hydrogen-bond donors (Lipinski definition) is 1. The summed E-state index contributed by atoms with van der Waals surface area (Å²) in [5.74, 6) is -0.690. The molecular formula is C15H21N3O3. The molecule has 0 bridgehead atoms. The monoisotopic (exact) mass is 291 g/mol. The topological polar surface area (TPSA) is 75.4 Å². The van der Waals surface area contributed by atoms with Crippen molar-refractivity contribution < 1.29 is 14.7 Å². The molecule has 2 heterocycles. The van der Waals surface area contributed by atoms with Crippen molar-refractivity contribution in [3.8, 4) is 0 Å². The largest absolute Gasteiger partial charge is 0.480 e. The van der Waals surface area contributed by atoms with E-state index in [1.165, 1.54) is 6.42 Å². The predicted molar refractivity (Wildman–Crippen MR) is 75.8 cm³/mol. The van der Waals surface area contributed by atoms with Crippen LogP contribution in [0.1, 0.15) is 49.0 Å². The Labute approximate surface area is 123 Å². The van der Waals surface area contributed by atoms with Gasteiger partial charge in [0.25, 0.3) is 5.91 Å². The van der Waals surface area contributed by atoms with Crippen LogP contribution in [-0.2, 0) is 11.8 Å². The minimum Gasteiger partial charge on any atom is -0.480 e. The number of carbonyl (C=O) groups is 2. The summed E-state index contributed by atoms with van der Waals surface area (Å²) < 4.78 is 1.57. The summed E-state index contributed by atoms with van der Waals surface area (Å²) in [6, 6.07) is 1.01. The number of hydrogen-bond acceptors (Lipinski definition) is 3. The molecule has 114 valence electrons. The van der Waals surface area contributed by atoms with Crippen LogP contribution in [0.15, 0.2) is 12.3 Å². The average molecular weight is 291 g/mol. The maximum absolute atomic E-state index is 12.8. The first-order chi connectivity index (χ1) is 10.1. The van der Waals surface area contributed by atoms with Crippen LogP contribution >= 0.6 is 0 Å². The number of fused-ring (bicyclic) bond motifs is 1. The molecule has 1 saturated carbocycles. The molecule has 0 aromatic carbocycles. The molecule has 3 unspecified atom stereocenters. The van der Waals surface area contributed by atoms with Gasteiger partial charge in [-0.25, -0.2) is 4.79 Å². The van der Waals surface area contributed by atoms with Crippen molar-refractivity contribution in [2.45, 2.75) is 50.6 Å². The predicted octanol–water partition coefficient (Wildman–Crippen LogP) is 1.67. The number of aryl methyl sites for hydroxylation is 1. The van der Waals surface area contributed by atoms with E-state index in [9.17, 15) is 14.7 Å². The van der Waals surface area contributed by atoms with Gasteiger partial charge in [-0.05, 0) is 37.7 Å². The third-order valence-corrected chi connectivity index (χ3v) is 4.83. The van der Waals surface area contributed by atoms with Gasteiger partial charge in [0.2, 0.25) is 0 Å². The number of carbonyl (C=O) groups excluding carboxylic acids is 1. The van der Waals surface area contributed by atoms with Gasteiger partial charge >= 0.3 is 5.97 Å². The quantitative estimate of drug-likeness (QED) is 0.899. The fourth-order valence-corrected chi connectivity index (χ4v) is 3.83. The van der Waals surface area contributed by atoms with E-state index in [-0.39, 0.29) is 11.9 Å². The van der Waals surface area contributed by atoms with Crippen molar-refractivity contribution in [3.05, 3.63) is 18.0 Å². The molecule has 2 fully saturated rings. The van der Waals surface area contributed by atoms with E-state index in [1.807, 2.05) is 0 Å². The highest BCUT2D eigenvalue weighted by atomic mass is 16.4. The van der Waals surface area contributed by atoms with Crippen LogP contribution in [0.25, 0.3) is 0 Å². The molecule has 0 radical (unpaired) electrons. The summed E-state index contributed by atoms with van der Waals surface area (Å²) in [4.78, 5) is 25.9. The fraction of sp³-hybridized carbons (Fsp3) is 0.667. The van der Waals surface area contributed by atoms with Crippen molar-refractivity contribution in [1.29, 1.82) is 0 Å². The van der Waals surface area contributed by atoms with E-state index in [0.29, 0.717) is 18.0 Å². The summed E-state index contributed by atoms with van der Waals surface area (Å²) in [6.07, 6.45) is 7.44. The van der Waals surface area contributed by atoms with Gasteiger partial charge in [0, 0.05) is 19.3 Å². The third-order valence-electron chi connectivity index (χ3n) is 4.83. The zero-order valence-electron chi connectivity index (χ0n) is 12.2. The Hall–Kier alpha value is -1.85. The third kappa shape index (κ3) is 2.54. The smallest absolute Gasteiger partial charge is 0.326 e. The Kier molecular flexibility index (Phi) is 3.69. The summed E-state index contributed by atoms with van der Waals surface area (Å²) >= 11 is 0. The van der Waals surface area contributed by atoms with Gasteiger partial charge in [0.1, 0.15) is 11.7 Å². The van der Waals surface area contributed by atoms with Crippen LogP contribution in [0.5, 0.6) is 0 Å². The van der Waals surface area contributed by atoms with Gasteiger partial charge < -0.3 is 10.0 Å². The summed E-state index contributed by atoms with van der Waals surface area (Å²) in [6.45, 7) is 0. The van der Waals surface area contributed by atoms with Crippen LogP contribution in [0.3, 0.4) is 0 Å². The normalized spacial score (nSPS) is 29.0. The lowest BCUT2D eigenvalue weighted by atomic mass is 9.76. The molecule has 1 aromatic heterocycles. The second-order valence-electron chi connectivity index (χ2n) is 6.13. The molecule has 1 aliphatic carbocycles. The highest BCUT2D eigenvalue weighted by Crippen LogP contribution is 2.38. The lowest BCUT2D eigenvalue weighted by Crippen LogP contribution is -2.57. The first-order valence-corrected chi connectivity index (χ1v) is 7.63. The summed E-state index contributed by atoms with van der Waals surface area (Å²) in [5, 5.41) is 13.6. The standard InChI is InChI=1S/C15H21N3O3/c1-17-9-8-11(16-17)14(19)18-12-5-3-2-4-10(12)6-7-13(18)15(20)21/h8-10,12-13H,2-7H2,1H3,(H,20,21). The van der Waals surface area contributed by atoms with Crippen LogP contribution in [0.4, 0.5) is 0 Å². The molecule has 6 heteroatoms. The molecule has 1 amide bonds. The number of amides is 1. The van der Waals surface area contributed by atoms with Crippen LogP contribution in [-0.4, -0.2) is 43.7 Å². The molecule has 3 atom stereocenters. The van der Waals surface area contributed by atoms with Gasteiger partial charge in [-0.3, -0.25) is 9.48 Å². The number of likely N-dealkylation sites (tertiary alicyclic amines) is 1. The second-order valence-corrected chi connectivity index (χ2v) is 6.13. The van der Waals surface area contributed by atoms with Gasteiger partial charge in [-0.2, -0.15) is 5.10 Å². The number of carboxylic acids is 1. The fourth-order valence-electron chi connectivity index (χ4n) is 3.83. The number of rotatable bonds is 2. The van der Waals surface area contributed by atoms with Gasteiger partial charge in [-0.1, -0.05) is 12.8 Å². The van der Waals surface area contributed by atoms with E-state index < -0.39 is 12.0 Å². The highest BCUT2D eigenvalue weighted by molar-refractivity contribution is 5.95. The Morgan fingerprint density at radius 2 is 2.00 bits per heavy atom. The van der Waals surface area contributed by atoms with Gasteiger partial charge in [0.05, 0.1) is 0 Å². The SMILES string of the molecule is Cn1ccc(C(=O)N2C(C(=O)O)CCC3CCCCC32)n1. The number of aliphatic carboxylic acids is 1. The van der Waals surface area contributed by atoms with Crippen LogP contribution < -0.4 is 0 Å². The minimum absolute atomic E-state index is 0.0584. The Morgan fingerprint density at radius 3 is 2.67 bits per heavy atom. The lowest BCUT2D eigenvalue weighted by molar-refractivity contribution is -0.146. The Morgan fingerprint density at radius 1 is 1.24 bits per heavy atom. The van der Waals surface area contributed by atoms with Gasteiger partial charge in [0.15, 0.2) is 0 Å². The first kappa shape index (κ1) is 14.1. The molecule has 6 nitrogen and oxygen atoms in total. The van der Waals surface area contributed by atoms with Crippen molar-refractivity contribution in [1.82, 2.24) is 14.7 Å². The van der Waals surface area contributed by atoms with E-state index in [2.05, 4.69) is 5.10 Å².